The lowest BCUT2D eigenvalue weighted by Gasteiger charge is -2.16. The first-order valence-corrected chi connectivity index (χ1v) is 5.52. The van der Waals surface area contributed by atoms with E-state index in [9.17, 15) is 4.79 Å². The van der Waals surface area contributed by atoms with Crippen LogP contribution < -0.4 is 0 Å². The van der Waals surface area contributed by atoms with Gasteiger partial charge in [-0.25, -0.2) is 0 Å². The molecule has 4 heteroatoms. The topological polar surface area (TPSA) is 20.3 Å². The van der Waals surface area contributed by atoms with Crippen molar-refractivity contribution in [2.75, 3.05) is 13.1 Å². The maximum absolute atomic E-state index is 11.8. The molecule has 0 aliphatic carbocycles. The number of amides is 1. The van der Waals surface area contributed by atoms with Crippen LogP contribution in [0.3, 0.4) is 0 Å². The van der Waals surface area contributed by atoms with Crippen LogP contribution >= 0.6 is 24.0 Å². The molecule has 2 nitrogen and oxygen atoms in total. The fraction of sp³-hybridized carbons (Fsp3) is 0.300. The average Bonchev–Trinajstić information content (AvgIpc) is 2.60. The Labute approximate surface area is 93.3 Å². The summed E-state index contributed by atoms with van der Waals surface area (Å²) < 4.78 is 0. The first-order valence-electron chi connectivity index (χ1n) is 4.19. The molecule has 0 saturated heterocycles. The monoisotopic (exact) mass is 225 g/mol. The second kappa shape index (κ2) is 5.08. The van der Waals surface area contributed by atoms with Gasteiger partial charge in [-0.05, 0) is 13.0 Å². The summed E-state index contributed by atoms with van der Waals surface area (Å²) in [5.74, 6) is 2.45. The third-order valence-electron chi connectivity index (χ3n) is 1.75. The molecule has 0 aliphatic heterocycles. The van der Waals surface area contributed by atoms with Crippen molar-refractivity contribution in [3.05, 3.63) is 16.3 Å². The summed E-state index contributed by atoms with van der Waals surface area (Å²) in [6, 6.07) is 1.76. The molecule has 0 N–H and O–H groups in total. The van der Waals surface area contributed by atoms with Crippen LogP contribution in [0.15, 0.2) is 16.3 Å². The second-order valence-corrected chi connectivity index (χ2v) is 4.12. The molecule has 0 fully saturated rings. The van der Waals surface area contributed by atoms with Crippen molar-refractivity contribution >= 4 is 29.9 Å². The Bertz CT molecular complexity index is 364. The van der Waals surface area contributed by atoms with Crippen LogP contribution in [0.4, 0.5) is 0 Å². The maximum Gasteiger partial charge on any atom is 0.264 e. The average molecular weight is 225 g/mol. The fourth-order valence-electron chi connectivity index (χ4n) is 1.03. The van der Waals surface area contributed by atoms with Crippen molar-refractivity contribution in [2.45, 2.75) is 11.8 Å². The molecule has 1 amide bonds. The molecule has 0 atom stereocenters. The normalized spacial score (nSPS) is 9.50. The number of carbonyl (C=O) groups excluding carboxylic acids is 1. The van der Waals surface area contributed by atoms with E-state index in [0.717, 1.165) is 4.90 Å². The molecular formula is C10H11NOS2. The molecule has 74 valence electrons. The zero-order chi connectivity index (χ0) is 10.6. The van der Waals surface area contributed by atoms with Crippen molar-refractivity contribution in [2.24, 2.45) is 0 Å². The highest BCUT2D eigenvalue weighted by Gasteiger charge is 2.14. The minimum atomic E-state index is -0.0178. The maximum atomic E-state index is 11.8. The summed E-state index contributed by atoms with van der Waals surface area (Å²) >= 11 is 5.54. The van der Waals surface area contributed by atoms with Gasteiger partial charge >= 0.3 is 0 Å². The van der Waals surface area contributed by atoms with Gasteiger partial charge in [0, 0.05) is 16.8 Å². The summed E-state index contributed by atoms with van der Waals surface area (Å²) in [4.78, 5) is 14.9. The van der Waals surface area contributed by atoms with Crippen molar-refractivity contribution in [1.29, 1.82) is 0 Å². The highest BCUT2D eigenvalue weighted by Crippen LogP contribution is 2.19. The molecule has 0 spiro atoms. The van der Waals surface area contributed by atoms with E-state index in [1.807, 2.05) is 12.3 Å². The van der Waals surface area contributed by atoms with E-state index >= 15 is 0 Å². The summed E-state index contributed by atoms with van der Waals surface area (Å²) in [5.41, 5.74) is 0. The first-order chi connectivity index (χ1) is 6.69. The van der Waals surface area contributed by atoms with Crippen molar-refractivity contribution < 1.29 is 4.79 Å². The van der Waals surface area contributed by atoms with Gasteiger partial charge in [0.05, 0.1) is 11.4 Å². The van der Waals surface area contributed by atoms with Gasteiger partial charge in [-0.15, -0.1) is 30.4 Å². The number of thiol groups is 1. The molecule has 1 aromatic heterocycles. The predicted octanol–water partition coefficient (Wildman–Crippen LogP) is 2.13. The number of nitrogens with zero attached hydrogens (tertiary/aromatic N) is 1. The molecule has 1 heterocycles. The molecule has 0 saturated carbocycles. The molecule has 0 bridgehead atoms. The van der Waals surface area contributed by atoms with Crippen LogP contribution in [0.25, 0.3) is 0 Å². The van der Waals surface area contributed by atoms with Crippen LogP contribution in [-0.2, 0) is 0 Å². The van der Waals surface area contributed by atoms with E-state index in [1.54, 1.807) is 11.0 Å². The number of rotatable bonds is 3. The Morgan fingerprint density at radius 1 is 1.79 bits per heavy atom. The summed E-state index contributed by atoms with van der Waals surface area (Å²) in [6.07, 6.45) is 5.17. The van der Waals surface area contributed by atoms with E-state index in [0.29, 0.717) is 18.0 Å². The van der Waals surface area contributed by atoms with E-state index in [-0.39, 0.29) is 5.91 Å². The number of hydrogen-bond donors (Lipinski definition) is 1. The number of carbonyl (C=O) groups is 1. The minimum Gasteiger partial charge on any atom is -0.327 e. The Morgan fingerprint density at radius 2 is 2.50 bits per heavy atom. The number of thiophene rings is 1. The Kier molecular flexibility index (Phi) is 4.05. The van der Waals surface area contributed by atoms with Crippen molar-refractivity contribution in [1.82, 2.24) is 4.90 Å². The summed E-state index contributed by atoms with van der Waals surface area (Å²) in [7, 11) is 0. The molecule has 1 aromatic rings. The Balaban J connectivity index is 2.78. The van der Waals surface area contributed by atoms with Crippen LogP contribution in [0.1, 0.15) is 16.6 Å². The predicted molar refractivity (Wildman–Crippen MR) is 62.0 cm³/mol. The molecule has 0 aromatic carbocycles. The van der Waals surface area contributed by atoms with Gasteiger partial charge in [0.15, 0.2) is 0 Å². The van der Waals surface area contributed by atoms with Crippen LogP contribution in [0.5, 0.6) is 0 Å². The first kappa shape index (κ1) is 11.2. The zero-order valence-corrected chi connectivity index (χ0v) is 9.57. The lowest BCUT2D eigenvalue weighted by atomic mass is 10.4. The van der Waals surface area contributed by atoms with E-state index in [4.69, 9.17) is 6.42 Å². The SMILES string of the molecule is C#CCN(CC)C(=O)c1cc(S)cs1. The fourth-order valence-corrected chi connectivity index (χ4v) is 2.15. The highest BCUT2D eigenvalue weighted by molar-refractivity contribution is 7.80. The number of hydrogen-bond acceptors (Lipinski definition) is 3. The van der Waals surface area contributed by atoms with Gasteiger partial charge in [0.25, 0.3) is 5.91 Å². The minimum absolute atomic E-state index is 0.0178. The summed E-state index contributed by atoms with van der Waals surface area (Å²) in [5, 5.41) is 1.83. The van der Waals surface area contributed by atoms with Crippen LogP contribution in [-0.4, -0.2) is 23.9 Å². The van der Waals surface area contributed by atoms with Crippen molar-refractivity contribution in [3.63, 3.8) is 0 Å². The van der Waals surface area contributed by atoms with E-state index in [2.05, 4.69) is 18.5 Å². The third-order valence-corrected chi connectivity index (χ3v) is 3.10. The molecular weight excluding hydrogens is 214 g/mol. The van der Waals surface area contributed by atoms with E-state index < -0.39 is 0 Å². The lowest BCUT2D eigenvalue weighted by molar-refractivity contribution is 0.0789. The Hall–Kier alpha value is -0.920. The highest BCUT2D eigenvalue weighted by atomic mass is 32.1. The largest absolute Gasteiger partial charge is 0.327 e. The van der Waals surface area contributed by atoms with Crippen LogP contribution in [0, 0.1) is 12.3 Å². The lowest BCUT2D eigenvalue weighted by Crippen LogP contribution is -2.30. The van der Waals surface area contributed by atoms with E-state index in [1.165, 1.54) is 11.3 Å². The van der Waals surface area contributed by atoms with Crippen molar-refractivity contribution in [3.8, 4) is 12.3 Å². The van der Waals surface area contributed by atoms with Gasteiger partial charge in [0.1, 0.15) is 0 Å². The third kappa shape index (κ3) is 2.53. The Morgan fingerprint density at radius 3 is 2.93 bits per heavy atom. The molecule has 0 unspecified atom stereocenters. The van der Waals surface area contributed by atoms with Crippen LogP contribution in [0.2, 0.25) is 0 Å². The standard InChI is InChI=1S/C10H11NOS2/c1-3-5-11(4-2)10(12)9-6-8(13)7-14-9/h1,6-7,13H,4-5H2,2H3. The molecule has 0 aliphatic rings. The quantitative estimate of drug-likeness (QED) is 0.617. The molecule has 14 heavy (non-hydrogen) atoms. The second-order valence-electron chi connectivity index (χ2n) is 2.69. The molecule has 0 radical (unpaired) electrons. The smallest absolute Gasteiger partial charge is 0.264 e. The zero-order valence-electron chi connectivity index (χ0n) is 7.86. The summed E-state index contributed by atoms with van der Waals surface area (Å²) in [6.45, 7) is 2.89. The number of terminal acetylenes is 1. The van der Waals surface area contributed by atoms with Gasteiger partial charge < -0.3 is 4.90 Å². The molecule has 1 rings (SSSR count). The van der Waals surface area contributed by atoms with Gasteiger partial charge in [-0.3, -0.25) is 4.79 Å². The van der Waals surface area contributed by atoms with Gasteiger partial charge in [-0.2, -0.15) is 0 Å². The van der Waals surface area contributed by atoms with Gasteiger partial charge in [-0.1, -0.05) is 5.92 Å². The van der Waals surface area contributed by atoms with Gasteiger partial charge in [0.2, 0.25) is 0 Å².